The Labute approximate surface area is 134 Å². The van der Waals surface area contributed by atoms with E-state index in [0.29, 0.717) is 5.56 Å². The van der Waals surface area contributed by atoms with Gasteiger partial charge in [-0.25, -0.2) is 0 Å². The van der Waals surface area contributed by atoms with E-state index in [2.05, 4.69) is 0 Å². The van der Waals surface area contributed by atoms with Crippen molar-refractivity contribution in [3.05, 3.63) is 35.4 Å². The Morgan fingerprint density at radius 1 is 1.13 bits per heavy atom. The highest BCUT2D eigenvalue weighted by molar-refractivity contribution is 5.25. The van der Waals surface area contributed by atoms with Crippen LogP contribution in [-0.4, -0.2) is 69.5 Å². The molecule has 5 N–H and O–H groups in total. The molecule has 1 aliphatic heterocycles. The molecule has 6 unspecified atom stereocenters. The summed E-state index contributed by atoms with van der Waals surface area (Å²) in [7, 11) is 0. The fourth-order valence-electron chi connectivity index (χ4n) is 2.58. The van der Waals surface area contributed by atoms with Crippen molar-refractivity contribution < 1.29 is 35.0 Å². The molecule has 1 aromatic rings. The molecule has 130 valence electrons. The molecule has 0 saturated carbocycles. The smallest absolute Gasteiger partial charge is 0.187 e. The van der Waals surface area contributed by atoms with Crippen molar-refractivity contribution >= 4 is 0 Å². The van der Waals surface area contributed by atoms with Crippen LogP contribution in [0.1, 0.15) is 24.2 Å². The molecule has 0 aromatic heterocycles. The molecule has 1 aromatic carbocycles. The molecule has 0 aliphatic carbocycles. The molecular weight excluding hydrogens is 304 g/mol. The van der Waals surface area contributed by atoms with E-state index in [1.807, 2.05) is 25.1 Å². The number of ether oxygens (including phenoxy) is 2. The third-order valence-electron chi connectivity index (χ3n) is 4.04. The van der Waals surface area contributed by atoms with Gasteiger partial charge in [0.25, 0.3) is 0 Å². The van der Waals surface area contributed by atoms with Crippen LogP contribution in [0.5, 0.6) is 0 Å². The molecule has 2 rings (SSSR count). The van der Waals surface area contributed by atoms with Crippen molar-refractivity contribution in [2.24, 2.45) is 0 Å². The maximum atomic E-state index is 9.99. The number of aliphatic hydroxyl groups is 5. The van der Waals surface area contributed by atoms with Crippen molar-refractivity contribution in [2.45, 2.75) is 50.2 Å². The first kappa shape index (κ1) is 18.3. The first-order valence-corrected chi connectivity index (χ1v) is 7.67. The topological polar surface area (TPSA) is 120 Å². The summed E-state index contributed by atoms with van der Waals surface area (Å²) in [4.78, 5) is 0. The molecule has 0 amide bonds. The van der Waals surface area contributed by atoms with Crippen LogP contribution >= 0.6 is 0 Å². The molecule has 7 nitrogen and oxygen atoms in total. The number of aryl methyl sites for hydroxylation is 1. The highest BCUT2D eigenvalue weighted by Crippen LogP contribution is 2.27. The van der Waals surface area contributed by atoms with Gasteiger partial charge in [0.05, 0.1) is 13.2 Å². The van der Waals surface area contributed by atoms with Crippen LogP contribution in [0.15, 0.2) is 24.3 Å². The minimum Gasteiger partial charge on any atom is -0.394 e. The van der Waals surface area contributed by atoms with Crippen LogP contribution in [0.4, 0.5) is 0 Å². The fraction of sp³-hybridized carbons (Fsp3) is 0.625. The van der Waals surface area contributed by atoms with E-state index in [0.717, 1.165) is 12.0 Å². The van der Waals surface area contributed by atoms with Gasteiger partial charge >= 0.3 is 0 Å². The van der Waals surface area contributed by atoms with Gasteiger partial charge in [-0.1, -0.05) is 31.2 Å². The lowest BCUT2D eigenvalue weighted by molar-refractivity contribution is -0.314. The van der Waals surface area contributed by atoms with Crippen LogP contribution in [-0.2, 0) is 15.9 Å². The maximum Gasteiger partial charge on any atom is 0.187 e. The second-order valence-corrected chi connectivity index (χ2v) is 5.60. The lowest BCUT2D eigenvalue weighted by Gasteiger charge is -2.40. The third kappa shape index (κ3) is 4.07. The molecule has 6 atom stereocenters. The number of aliphatic hydroxyl groups excluding tert-OH is 5. The predicted octanol–water partition coefficient (Wildman–Crippen LogP) is -0.901. The Hall–Kier alpha value is -1.06. The summed E-state index contributed by atoms with van der Waals surface area (Å²) in [6.45, 7) is 1.13. The third-order valence-corrected chi connectivity index (χ3v) is 4.04. The van der Waals surface area contributed by atoms with Crippen LogP contribution in [0, 0.1) is 0 Å². The molecule has 0 radical (unpaired) electrons. The van der Waals surface area contributed by atoms with Gasteiger partial charge in [0.15, 0.2) is 6.29 Å². The quantitative estimate of drug-likeness (QED) is 0.459. The number of rotatable bonds is 6. The Bertz CT molecular complexity index is 493. The van der Waals surface area contributed by atoms with Crippen LogP contribution < -0.4 is 0 Å². The lowest BCUT2D eigenvalue weighted by atomic mass is 9.99. The van der Waals surface area contributed by atoms with E-state index < -0.39 is 43.4 Å². The summed E-state index contributed by atoms with van der Waals surface area (Å²) in [6.07, 6.45) is -6.68. The Balaban J connectivity index is 2.13. The minimum absolute atomic E-state index is 0.345. The van der Waals surface area contributed by atoms with E-state index >= 15 is 0 Å². The number of hydrogen-bond donors (Lipinski definition) is 5. The van der Waals surface area contributed by atoms with Gasteiger partial charge in [-0.15, -0.1) is 0 Å². The summed E-state index contributed by atoms with van der Waals surface area (Å²) < 4.78 is 10.9. The van der Waals surface area contributed by atoms with Crippen molar-refractivity contribution in [3.63, 3.8) is 0 Å². The Morgan fingerprint density at radius 3 is 2.48 bits per heavy atom. The van der Waals surface area contributed by atoms with E-state index in [1.54, 1.807) is 6.07 Å². The average Bonchev–Trinajstić information content (AvgIpc) is 2.59. The van der Waals surface area contributed by atoms with Crippen molar-refractivity contribution in [1.29, 1.82) is 0 Å². The SMILES string of the molecule is CCc1cccc(C(CO)OC2OC(CO)C(O)C(O)C2O)c1. The van der Waals surface area contributed by atoms with Gasteiger partial charge in [-0.2, -0.15) is 0 Å². The molecule has 23 heavy (non-hydrogen) atoms. The van der Waals surface area contributed by atoms with E-state index in [-0.39, 0.29) is 6.61 Å². The summed E-state index contributed by atoms with van der Waals surface area (Å²) in [5.74, 6) is 0. The van der Waals surface area contributed by atoms with E-state index in [9.17, 15) is 25.5 Å². The molecule has 1 fully saturated rings. The number of hydrogen-bond acceptors (Lipinski definition) is 7. The Kier molecular flexibility index (Phi) is 6.49. The number of benzene rings is 1. The summed E-state index contributed by atoms with van der Waals surface area (Å²) in [5, 5.41) is 48.3. The van der Waals surface area contributed by atoms with Gasteiger partial charge in [-0.3, -0.25) is 0 Å². The molecular formula is C16H24O7. The zero-order chi connectivity index (χ0) is 17.0. The summed E-state index contributed by atoms with van der Waals surface area (Å²) in [5.41, 5.74) is 1.78. The molecule has 0 spiro atoms. The molecule has 1 aliphatic rings. The minimum atomic E-state index is -1.51. The van der Waals surface area contributed by atoms with Gasteiger partial charge in [-0.05, 0) is 17.5 Å². The second-order valence-electron chi connectivity index (χ2n) is 5.60. The van der Waals surface area contributed by atoms with E-state index in [4.69, 9.17) is 9.47 Å². The highest BCUT2D eigenvalue weighted by atomic mass is 16.7. The van der Waals surface area contributed by atoms with Crippen molar-refractivity contribution in [3.8, 4) is 0 Å². The molecule has 1 heterocycles. The zero-order valence-corrected chi connectivity index (χ0v) is 12.9. The van der Waals surface area contributed by atoms with E-state index in [1.165, 1.54) is 0 Å². The maximum absolute atomic E-state index is 9.99. The first-order valence-electron chi connectivity index (χ1n) is 7.67. The Morgan fingerprint density at radius 2 is 1.87 bits per heavy atom. The van der Waals surface area contributed by atoms with Crippen molar-refractivity contribution in [2.75, 3.05) is 13.2 Å². The van der Waals surface area contributed by atoms with Gasteiger partial charge in [0.2, 0.25) is 0 Å². The average molecular weight is 328 g/mol. The van der Waals surface area contributed by atoms with Crippen LogP contribution in [0.2, 0.25) is 0 Å². The molecule has 7 heteroatoms. The standard InChI is InChI=1S/C16H24O7/c1-2-9-4-3-5-10(6-9)11(7-17)22-16-15(21)14(20)13(19)12(8-18)23-16/h3-6,11-21H,2,7-8H2,1H3. The van der Waals surface area contributed by atoms with Crippen molar-refractivity contribution in [1.82, 2.24) is 0 Å². The molecule has 0 bridgehead atoms. The first-order chi connectivity index (χ1) is 11.0. The van der Waals surface area contributed by atoms with Gasteiger partial charge in [0, 0.05) is 0 Å². The fourth-order valence-corrected chi connectivity index (χ4v) is 2.58. The molecule has 1 saturated heterocycles. The van der Waals surface area contributed by atoms with Crippen LogP contribution in [0.3, 0.4) is 0 Å². The highest BCUT2D eigenvalue weighted by Gasteiger charge is 2.44. The largest absolute Gasteiger partial charge is 0.394 e. The van der Waals surface area contributed by atoms with Gasteiger partial charge in [0.1, 0.15) is 30.5 Å². The second kappa shape index (κ2) is 8.16. The zero-order valence-electron chi connectivity index (χ0n) is 12.9. The summed E-state index contributed by atoms with van der Waals surface area (Å²) >= 11 is 0. The summed E-state index contributed by atoms with van der Waals surface area (Å²) in [6, 6.07) is 7.45. The monoisotopic (exact) mass is 328 g/mol. The predicted molar refractivity (Wildman–Crippen MR) is 80.5 cm³/mol. The van der Waals surface area contributed by atoms with Gasteiger partial charge < -0.3 is 35.0 Å². The normalized spacial score (nSPS) is 32.7. The lowest BCUT2D eigenvalue weighted by Crippen LogP contribution is -2.59. The van der Waals surface area contributed by atoms with Crippen LogP contribution in [0.25, 0.3) is 0 Å².